The lowest BCUT2D eigenvalue weighted by Crippen LogP contribution is -2.09. The summed E-state index contributed by atoms with van der Waals surface area (Å²) in [6.07, 6.45) is 3.99. The third-order valence-electron chi connectivity index (χ3n) is 3.09. The number of aliphatic carboxylic acids is 1. The van der Waals surface area contributed by atoms with Crippen molar-refractivity contribution >= 4 is 5.97 Å². The van der Waals surface area contributed by atoms with E-state index in [1.54, 1.807) is 0 Å². The van der Waals surface area contributed by atoms with Gasteiger partial charge in [0.1, 0.15) is 0 Å². The van der Waals surface area contributed by atoms with Crippen LogP contribution in [0.3, 0.4) is 0 Å². The summed E-state index contributed by atoms with van der Waals surface area (Å²) < 4.78 is 5.18. The lowest BCUT2D eigenvalue weighted by Gasteiger charge is -2.02. The summed E-state index contributed by atoms with van der Waals surface area (Å²) in [6, 6.07) is 0. The zero-order valence-corrected chi connectivity index (χ0v) is 9.35. The second-order valence-corrected chi connectivity index (χ2v) is 4.34. The zero-order chi connectivity index (χ0) is 11.5. The Morgan fingerprint density at radius 3 is 3.00 bits per heavy atom. The van der Waals surface area contributed by atoms with Crippen molar-refractivity contribution in [1.29, 1.82) is 0 Å². The van der Waals surface area contributed by atoms with Gasteiger partial charge in [0.25, 0.3) is 0 Å². The van der Waals surface area contributed by atoms with Crippen molar-refractivity contribution in [2.75, 3.05) is 0 Å². The maximum Gasteiger partial charge on any atom is 0.306 e. The predicted octanol–water partition coefficient (Wildman–Crippen LogP) is 1.99. The molecule has 2 atom stereocenters. The van der Waals surface area contributed by atoms with Gasteiger partial charge in [0.05, 0.1) is 5.92 Å². The van der Waals surface area contributed by atoms with E-state index in [9.17, 15) is 4.79 Å². The number of hydrogen-bond acceptors (Lipinski definition) is 4. The highest BCUT2D eigenvalue weighted by Crippen LogP contribution is 2.37. The number of carbonyl (C=O) groups is 1. The second kappa shape index (κ2) is 4.63. The van der Waals surface area contributed by atoms with Gasteiger partial charge in [-0.2, -0.15) is 4.98 Å². The first-order valence-electron chi connectivity index (χ1n) is 5.76. The Hall–Kier alpha value is -1.39. The van der Waals surface area contributed by atoms with Gasteiger partial charge in [-0.15, -0.1) is 0 Å². The Morgan fingerprint density at radius 2 is 2.38 bits per heavy atom. The zero-order valence-electron chi connectivity index (χ0n) is 9.35. The number of aryl methyl sites for hydroxylation is 1. The normalized spacial score (nSPS) is 24.8. The smallest absolute Gasteiger partial charge is 0.306 e. The molecule has 5 heteroatoms. The molecule has 2 unspecified atom stereocenters. The molecule has 2 rings (SSSR count). The van der Waals surface area contributed by atoms with E-state index in [1.165, 1.54) is 0 Å². The minimum Gasteiger partial charge on any atom is -0.481 e. The number of rotatable bonds is 4. The van der Waals surface area contributed by atoms with E-state index in [0.717, 1.165) is 25.1 Å². The van der Waals surface area contributed by atoms with Gasteiger partial charge in [0, 0.05) is 12.3 Å². The van der Waals surface area contributed by atoms with Gasteiger partial charge in [-0.3, -0.25) is 4.79 Å². The average Bonchev–Trinajstić information content (AvgIpc) is 2.84. The number of hydrogen-bond donors (Lipinski definition) is 1. The molecule has 0 aromatic carbocycles. The van der Waals surface area contributed by atoms with Gasteiger partial charge in [-0.25, -0.2) is 0 Å². The van der Waals surface area contributed by atoms with E-state index in [2.05, 4.69) is 17.1 Å². The molecule has 16 heavy (non-hydrogen) atoms. The molecule has 1 heterocycles. The monoisotopic (exact) mass is 224 g/mol. The average molecular weight is 224 g/mol. The molecule has 0 bridgehead atoms. The van der Waals surface area contributed by atoms with Crippen molar-refractivity contribution in [3.8, 4) is 0 Å². The van der Waals surface area contributed by atoms with E-state index in [4.69, 9.17) is 9.63 Å². The highest BCUT2D eigenvalue weighted by atomic mass is 16.5. The molecule has 0 aliphatic heterocycles. The Labute approximate surface area is 93.9 Å². The van der Waals surface area contributed by atoms with Crippen molar-refractivity contribution in [2.45, 2.75) is 44.9 Å². The Kier molecular flexibility index (Phi) is 3.22. The molecule has 0 saturated heterocycles. The number of nitrogens with zero attached hydrogens (tertiary/aromatic N) is 2. The van der Waals surface area contributed by atoms with E-state index in [0.29, 0.717) is 18.7 Å². The molecule has 1 fully saturated rings. The number of carboxylic acid groups (broad SMARTS) is 1. The summed E-state index contributed by atoms with van der Waals surface area (Å²) in [5, 5.41) is 12.8. The van der Waals surface area contributed by atoms with Crippen LogP contribution in [0.4, 0.5) is 0 Å². The van der Waals surface area contributed by atoms with Crippen molar-refractivity contribution in [3.63, 3.8) is 0 Å². The molecule has 0 amide bonds. The molecule has 1 saturated carbocycles. The van der Waals surface area contributed by atoms with Gasteiger partial charge in [0.15, 0.2) is 5.82 Å². The molecule has 1 N–H and O–H groups in total. The van der Waals surface area contributed by atoms with Crippen molar-refractivity contribution < 1.29 is 14.4 Å². The van der Waals surface area contributed by atoms with Crippen molar-refractivity contribution in [3.05, 3.63) is 11.7 Å². The van der Waals surface area contributed by atoms with Gasteiger partial charge in [-0.05, 0) is 25.7 Å². The molecule has 1 aliphatic rings. The maximum atomic E-state index is 10.8. The van der Waals surface area contributed by atoms with E-state index >= 15 is 0 Å². The van der Waals surface area contributed by atoms with E-state index in [1.807, 2.05) is 0 Å². The molecule has 1 aliphatic carbocycles. The molecule has 1 aromatic rings. The van der Waals surface area contributed by atoms with Crippen molar-refractivity contribution in [2.24, 2.45) is 5.92 Å². The highest BCUT2D eigenvalue weighted by Gasteiger charge is 2.33. The van der Waals surface area contributed by atoms with Crippen LogP contribution < -0.4 is 0 Å². The van der Waals surface area contributed by atoms with Crippen LogP contribution >= 0.6 is 0 Å². The molecule has 5 nitrogen and oxygen atoms in total. The van der Waals surface area contributed by atoms with Crippen LogP contribution in [-0.4, -0.2) is 21.2 Å². The first kappa shape index (κ1) is 11.1. The molecule has 0 spiro atoms. The van der Waals surface area contributed by atoms with Crippen LogP contribution in [0, 0.1) is 5.92 Å². The topological polar surface area (TPSA) is 76.2 Å². The fourth-order valence-corrected chi connectivity index (χ4v) is 2.19. The fourth-order valence-electron chi connectivity index (χ4n) is 2.19. The van der Waals surface area contributed by atoms with Crippen molar-refractivity contribution in [1.82, 2.24) is 10.1 Å². The summed E-state index contributed by atoms with van der Waals surface area (Å²) >= 11 is 0. The van der Waals surface area contributed by atoms with Crippen LogP contribution in [0.15, 0.2) is 4.52 Å². The summed E-state index contributed by atoms with van der Waals surface area (Å²) in [6.45, 7) is 2.06. The lowest BCUT2D eigenvalue weighted by molar-refractivity contribution is -0.141. The third-order valence-corrected chi connectivity index (χ3v) is 3.09. The summed E-state index contributed by atoms with van der Waals surface area (Å²) in [5.74, 6) is 0.532. The van der Waals surface area contributed by atoms with Crippen LogP contribution in [0.2, 0.25) is 0 Å². The van der Waals surface area contributed by atoms with Crippen LogP contribution in [-0.2, 0) is 11.2 Å². The fraction of sp³-hybridized carbons (Fsp3) is 0.727. The van der Waals surface area contributed by atoms with Crippen LogP contribution in [0.25, 0.3) is 0 Å². The molecular formula is C11H16N2O3. The first-order chi connectivity index (χ1) is 7.70. The summed E-state index contributed by atoms with van der Waals surface area (Å²) in [7, 11) is 0. The predicted molar refractivity (Wildman–Crippen MR) is 56.0 cm³/mol. The van der Waals surface area contributed by atoms with E-state index in [-0.39, 0.29) is 11.8 Å². The van der Waals surface area contributed by atoms with Crippen LogP contribution in [0.5, 0.6) is 0 Å². The second-order valence-electron chi connectivity index (χ2n) is 4.34. The molecular weight excluding hydrogens is 208 g/mol. The maximum absolute atomic E-state index is 10.8. The Morgan fingerprint density at radius 1 is 1.56 bits per heavy atom. The number of carboxylic acids is 1. The molecule has 0 radical (unpaired) electrons. The van der Waals surface area contributed by atoms with Gasteiger partial charge >= 0.3 is 5.97 Å². The van der Waals surface area contributed by atoms with E-state index < -0.39 is 5.97 Å². The number of aromatic nitrogens is 2. The summed E-state index contributed by atoms with van der Waals surface area (Å²) in [4.78, 5) is 15.1. The lowest BCUT2D eigenvalue weighted by atomic mass is 10.1. The highest BCUT2D eigenvalue weighted by molar-refractivity contribution is 5.70. The molecule has 88 valence electrons. The SMILES string of the molecule is CCCc1noc(C2CCC(C(=O)O)C2)n1. The van der Waals surface area contributed by atoms with Gasteiger partial charge < -0.3 is 9.63 Å². The Balaban J connectivity index is 2.00. The van der Waals surface area contributed by atoms with Gasteiger partial charge in [0.2, 0.25) is 5.89 Å². The standard InChI is InChI=1S/C11H16N2O3/c1-2-3-9-12-10(16-13-9)7-4-5-8(6-7)11(14)15/h7-8H,2-6H2,1H3,(H,14,15). The minimum absolute atomic E-state index is 0.138. The first-order valence-corrected chi connectivity index (χ1v) is 5.76. The van der Waals surface area contributed by atoms with Crippen LogP contribution in [0.1, 0.15) is 50.2 Å². The third kappa shape index (κ3) is 2.23. The largest absolute Gasteiger partial charge is 0.481 e. The summed E-state index contributed by atoms with van der Waals surface area (Å²) in [5.41, 5.74) is 0. The molecule has 1 aromatic heterocycles. The van der Waals surface area contributed by atoms with Gasteiger partial charge in [-0.1, -0.05) is 12.1 Å². The minimum atomic E-state index is -0.712. The Bertz CT molecular complexity index is 375. The quantitative estimate of drug-likeness (QED) is 0.846.